The molecule has 156 valence electrons. The smallest absolute Gasteiger partial charge is 0.316 e. The van der Waals surface area contributed by atoms with Crippen molar-refractivity contribution in [2.75, 3.05) is 6.61 Å². The summed E-state index contributed by atoms with van der Waals surface area (Å²) < 4.78 is 24.6. The Hall–Kier alpha value is -2.65. The third kappa shape index (κ3) is 3.75. The molecule has 3 heterocycles. The molecule has 0 aromatic heterocycles. The highest BCUT2D eigenvalue weighted by Crippen LogP contribution is 2.46. The van der Waals surface area contributed by atoms with E-state index in [0.29, 0.717) is 13.2 Å². The molecule has 3 aliphatic rings. The number of nitrogens with zero attached hydrogens (tertiary/aromatic N) is 2. The van der Waals surface area contributed by atoms with Gasteiger partial charge in [-0.1, -0.05) is 60.7 Å². The summed E-state index contributed by atoms with van der Waals surface area (Å²) in [5.41, 5.74) is 1.93. The molecule has 8 heteroatoms. The SMILES string of the molecule is CC(=O)N[C@@H]1[C@H](OCc2ccccc2)[C@@H]2O[C@H](c3ccccc3)OC[C@H]2OC12N=N2. The molecule has 0 aliphatic carbocycles. The molecule has 0 unspecified atom stereocenters. The van der Waals surface area contributed by atoms with Gasteiger partial charge in [0.2, 0.25) is 5.91 Å². The highest BCUT2D eigenvalue weighted by Gasteiger charge is 2.64. The Balaban J connectivity index is 1.41. The largest absolute Gasteiger partial charge is 0.368 e. The van der Waals surface area contributed by atoms with Gasteiger partial charge in [0.1, 0.15) is 24.4 Å². The Labute approximate surface area is 174 Å². The Bertz CT molecular complexity index is 917. The molecule has 2 aromatic rings. The summed E-state index contributed by atoms with van der Waals surface area (Å²) in [5.74, 6) is -1.35. The van der Waals surface area contributed by atoms with Gasteiger partial charge in [0.25, 0.3) is 0 Å². The number of benzene rings is 2. The van der Waals surface area contributed by atoms with Crippen LogP contribution >= 0.6 is 0 Å². The van der Waals surface area contributed by atoms with Crippen molar-refractivity contribution in [3.63, 3.8) is 0 Å². The molecule has 2 saturated heterocycles. The van der Waals surface area contributed by atoms with Crippen LogP contribution in [-0.4, -0.2) is 42.7 Å². The number of nitrogens with one attached hydrogen (secondary N) is 1. The average Bonchev–Trinajstić information content (AvgIpc) is 3.54. The first-order valence-electron chi connectivity index (χ1n) is 10.0. The van der Waals surface area contributed by atoms with Gasteiger partial charge >= 0.3 is 5.85 Å². The number of ether oxygens (including phenoxy) is 4. The molecule has 0 saturated carbocycles. The van der Waals surface area contributed by atoms with Crippen LogP contribution < -0.4 is 5.32 Å². The van der Waals surface area contributed by atoms with Gasteiger partial charge in [-0.25, -0.2) is 0 Å². The number of carbonyl (C=O) groups is 1. The maximum atomic E-state index is 11.9. The van der Waals surface area contributed by atoms with E-state index in [4.69, 9.17) is 18.9 Å². The fourth-order valence-corrected chi connectivity index (χ4v) is 4.00. The van der Waals surface area contributed by atoms with Gasteiger partial charge in [-0.2, -0.15) is 0 Å². The first-order chi connectivity index (χ1) is 14.6. The summed E-state index contributed by atoms with van der Waals surface area (Å²) in [5, 5.41) is 11.1. The first-order valence-corrected chi connectivity index (χ1v) is 10.0. The summed E-state index contributed by atoms with van der Waals surface area (Å²) in [6.07, 6.45) is -1.93. The van der Waals surface area contributed by atoms with Crippen LogP contribution in [0.15, 0.2) is 70.9 Å². The molecule has 30 heavy (non-hydrogen) atoms. The number of hydrogen-bond donors (Lipinski definition) is 1. The second-order valence-corrected chi connectivity index (χ2v) is 7.63. The van der Waals surface area contributed by atoms with Crippen molar-refractivity contribution in [1.82, 2.24) is 5.32 Å². The minimum atomic E-state index is -1.14. The van der Waals surface area contributed by atoms with E-state index in [9.17, 15) is 4.79 Å². The van der Waals surface area contributed by atoms with Crippen LogP contribution in [0.1, 0.15) is 24.3 Å². The molecule has 2 aromatic carbocycles. The van der Waals surface area contributed by atoms with Gasteiger partial charge in [0, 0.05) is 12.5 Å². The maximum absolute atomic E-state index is 11.9. The molecule has 1 amide bonds. The molecule has 3 aliphatic heterocycles. The molecular formula is C22H23N3O5. The lowest BCUT2D eigenvalue weighted by molar-refractivity contribution is -0.328. The molecule has 5 rings (SSSR count). The van der Waals surface area contributed by atoms with Crippen LogP contribution in [0.5, 0.6) is 0 Å². The lowest BCUT2D eigenvalue weighted by atomic mass is 9.93. The van der Waals surface area contributed by atoms with E-state index in [1.807, 2.05) is 60.7 Å². The quantitative estimate of drug-likeness (QED) is 0.820. The first kappa shape index (κ1) is 19.3. The zero-order valence-electron chi connectivity index (χ0n) is 16.5. The summed E-state index contributed by atoms with van der Waals surface area (Å²) in [6.45, 7) is 2.13. The molecular weight excluding hydrogens is 386 g/mol. The standard InChI is InChI=1S/C22H23N3O5/c1-14(26)23-20-19(27-12-15-8-4-2-5-9-15)18-17(30-22(20)24-25-22)13-28-21(29-18)16-10-6-3-7-11-16/h2-11,17-21H,12-13H2,1H3,(H,23,26)/t17-,18-,19-,20-,21-/m1/s1. The Kier molecular flexibility index (Phi) is 5.08. The molecule has 2 fully saturated rings. The Morgan fingerprint density at radius 1 is 1.13 bits per heavy atom. The van der Waals surface area contributed by atoms with Crippen LogP contribution in [0.25, 0.3) is 0 Å². The normalized spacial score (nSPS) is 31.2. The predicted molar refractivity (Wildman–Crippen MR) is 105 cm³/mol. The van der Waals surface area contributed by atoms with E-state index in [-0.39, 0.29) is 5.91 Å². The zero-order chi connectivity index (χ0) is 20.6. The van der Waals surface area contributed by atoms with Gasteiger partial charge in [0.15, 0.2) is 6.29 Å². The van der Waals surface area contributed by atoms with E-state index in [0.717, 1.165) is 11.1 Å². The van der Waals surface area contributed by atoms with E-state index < -0.39 is 36.5 Å². The molecule has 5 atom stereocenters. The number of hydrogen-bond acceptors (Lipinski definition) is 7. The highest BCUT2D eigenvalue weighted by molar-refractivity contribution is 5.73. The summed E-state index contributed by atoms with van der Waals surface area (Å²) in [4.78, 5) is 11.9. The van der Waals surface area contributed by atoms with Gasteiger partial charge in [0.05, 0.1) is 13.2 Å². The molecule has 0 radical (unpaired) electrons. The number of fused-ring (bicyclic) bond motifs is 1. The van der Waals surface area contributed by atoms with Gasteiger partial charge < -0.3 is 24.3 Å². The molecule has 1 spiro atoms. The van der Waals surface area contributed by atoms with Crippen molar-refractivity contribution in [3.8, 4) is 0 Å². The van der Waals surface area contributed by atoms with Crippen LogP contribution in [0, 0.1) is 0 Å². The van der Waals surface area contributed by atoms with E-state index in [2.05, 4.69) is 15.5 Å². The van der Waals surface area contributed by atoms with Crippen LogP contribution in [0.3, 0.4) is 0 Å². The van der Waals surface area contributed by atoms with Crippen LogP contribution in [0.4, 0.5) is 0 Å². The van der Waals surface area contributed by atoms with Gasteiger partial charge in [-0.15, -0.1) is 10.2 Å². The topological polar surface area (TPSA) is 90.7 Å². The Morgan fingerprint density at radius 3 is 2.50 bits per heavy atom. The van der Waals surface area contributed by atoms with E-state index in [1.165, 1.54) is 6.92 Å². The number of rotatable bonds is 5. The minimum absolute atomic E-state index is 0.210. The van der Waals surface area contributed by atoms with Gasteiger partial charge in [-0.3, -0.25) is 4.79 Å². The second kappa shape index (κ2) is 7.88. The average molecular weight is 409 g/mol. The highest BCUT2D eigenvalue weighted by atomic mass is 16.7. The summed E-state index contributed by atoms with van der Waals surface area (Å²) in [6, 6.07) is 19.0. The zero-order valence-corrected chi connectivity index (χ0v) is 16.5. The van der Waals surface area contributed by atoms with Crippen molar-refractivity contribution < 1.29 is 23.7 Å². The number of carbonyl (C=O) groups excluding carboxylic acids is 1. The predicted octanol–water partition coefficient (Wildman–Crippen LogP) is 2.71. The molecule has 1 N–H and O–H groups in total. The Morgan fingerprint density at radius 2 is 1.83 bits per heavy atom. The fraction of sp³-hybridized carbons (Fsp3) is 0.409. The number of amides is 1. The minimum Gasteiger partial charge on any atom is -0.368 e. The van der Waals surface area contributed by atoms with Crippen molar-refractivity contribution in [3.05, 3.63) is 71.8 Å². The summed E-state index contributed by atoms with van der Waals surface area (Å²) in [7, 11) is 0. The maximum Gasteiger partial charge on any atom is 0.316 e. The third-order valence-electron chi connectivity index (χ3n) is 5.45. The van der Waals surface area contributed by atoms with E-state index >= 15 is 0 Å². The van der Waals surface area contributed by atoms with Crippen molar-refractivity contribution in [1.29, 1.82) is 0 Å². The molecule has 8 nitrogen and oxygen atoms in total. The van der Waals surface area contributed by atoms with Crippen molar-refractivity contribution in [2.45, 2.75) is 50.0 Å². The second-order valence-electron chi connectivity index (χ2n) is 7.63. The molecule has 0 bridgehead atoms. The third-order valence-corrected chi connectivity index (χ3v) is 5.45. The van der Waals surface area contributed by atoms with Crippen LogP contribution in [-0.2, 0) is 30.3 Å². The monoisotopic (exact) mass is 409 g/mol. The fourth-order valence-electron chi connectivity index (χ4n) is 4.00. The van der Waals surface area contributed by atoms with Crippen LogP contribution in [0.2, 0.25) is 0 Å². The van der Waals surface area contributed by atoms with Crippen molar-refractivity contribution in [2.24, 2.45) is 10.2 Å². The van der Waals surface area contributed by atoms with Crippen molar-refractivity contribution >= 4 is 5.91 Å². The van der Waals surface area contributed by atoms with E-state index in [1.54, 1.807) is 0 Å². The lowest BCUT2D eigenvalue weighted by Crippen LogP contribution is -2.68. The lowest BCUT2D eigenvalue weighted by Gasteiger charge is -2.48. The summed E-state index contributed by atoms with van der Waals surface area (Å²) >= 11 is 0. The van der Waals surface area contributed by atoms with Gasteiger partial charge in [-0.05, 0) is 5.56 Å².